The van der Waals surface area contributed by atoms with Crippen LogP contribution in [-0.2, 0) is 18.0 Å². The molecule has 0 fully saturated rings. The number of rotatable bonds is 3. The van der Waals surface area contributed by atoms with Crippen LogP contribution < -0.4 is 5.32 Å². The molecule has 0 aliphatic carbocycles. The fourth-order valence-electron chi connectivity index (χ4n) is 2.74. The standard InChI is InChI=1S/C17H18FNO/c1-11-3-6-15(16(18)7-11)17(19-2)12-4-5-13-9-20-10-14(13)8-12/h3-8,17,19H,9-10H2,1-2H3. The SMILES string of the molecule is CNC(c1ccc2c(c1)COC2)c1ccc(C)cc1F. The molecule has 0 amide bonds. The van der Waals surface area contributed by atoms with Crippen molar-refractivity contribution >= 4 is 0 Å². The van der Waals surface area contributed by atoms with E-state index in [1.807, 2.05) is 32.2 Å². The molecular formula is C17H18FNO. The van der Waals surface area contributed by atoms with E-state index in [1.165, 1.54) is 11.1 Å². The van der Waals surface area contributed by atoms with Gasteiger partial charge in [0.2, 0.25) is 0 Å². The highest BCUT2D eigenvalue weighted by atomic mass is 19.1. The number of fused-ring (bicyclic) bond motifs is 1. The third-order valence-corrected chi connectivity index (χ3v) is 3.83. The first-order valence-corrected chi connectivity index (χ1v) is 6.82. The van der Waals surface area contributed by atoms with Crippen LogP contribution in [0.3, 0.4) is 0 Å². The van der Waals surface area contributed by atoms with Crippen molar-refractivity contribution in [2.45, 2.75) is 26.2 Å². The molecule has 0 radical (unpaired) electrons. The summed E-state index contributed by atoms with van der Waals surface area (Å²) < 4.78 is 19.6. The molecule has 0 aromatic heterocycles. The Labute approximate surface area is 118 Å². The summed E-state index contributed by atoms with van der Waals surface area (Å²) >= 11 is 0. The lowest BCUT2D eigenvalue weighted by Crippen LogP contribution is -2.19. The predicted octanol–water partition coefficient (Wildman–Crippen LogP) is 3.47. The molecule has 1 unspecified atom stereocenters. The second-order valence-corrected chi connectivity index (χ2v) is 5.27. The molecule has 0 saturated carbocycles. The van der Waals surface area contributed by atoms with E-state index in [0.29, 0.717) is 18.8 Å². The van der Waals surface area contributed by atoms with Gasteiger partial charge in [-0.1, -0.05) is 30.3 Å². The van der Waals surface area contributed by atoms with Crippen LogP contribution in [0.4, 0.5) is 4.39 Å². The zero-order valence-corrected chi connectivity index (χ0v) is 11.7. The first kappa shape index (κ1) is 13.3. The van der Waals surface area contributed by atoms with Crippen molar-refractivity contribution in [1.29, 1.82) is 0 Å². The number of ether oxygens (including phenoxy) is 1. The summed E-state index contributed by atoms with van der Waals surface area (Å²) in [5.74, 6) is -0.166. The topological polar surface area (TPSA) is 21.3 Å². The van der Waals surface area contributed by atoms with Gasteiger partial charge in [0.15, 0.2) is 0 Å². The fraction of sp³-hybridized carbons (Fsp3) is 0.294. The Morgan fingerprint density at radius 2 is 1.90 bits per heavy atom. The Hall–Kier alpha value is -1.71. The molecule has 0 spiro atoms. The molecule has 1 aliphatic rings. The van der Waals surface area contributed by atoms with Gasteiger partial charge in [-0.2, -0.15) is 0 Å². The van der Waals surface area contributed by atoms with E-state index in [1.54, 1.807) is 6.07 Å². The summed E-state index contributed by atoms with van der Waals surface area (Å²) in [6.07, 6.45) is 0. The first-order valence-electron chi connectivity index (χ1n) is 6.82. The van der Waals surface area contributed by atoms with Crippen molar-refractivity contribution in [3.63, 3.8) is 0 Å². The van der Waals surface area contributed by atoms with E-state index >= 15 is 0 Å². The minimum atomic E-state index is -0.166. The maximum atomic E-state index is 14.2. The molecule has 2 aromatic rings. The normalized spacial score (nSPS) is 15.2. The molecule has 1 atom stereocenters. The van der Waals surface area contributed by atoms with Crippen LogP contribution in [0.5, 0.6) is 0 Å². The summed E-state index contributed by atoms with van der Waals surface area (Å²) in [7, 11) is 1.85. The van der Waals surface area contributed by atoms with Gasteiger partial charge in [0.05, 0.1) is 19.3 Å². The van der Waals surface area contributed by atoms with E-state index in [0.717, 1.165) is 11.1 Å². The van der Waals surface area contributed by atoms with Gasteiger partial charge in [-0.15, -0.1) is 0 Å². The molecule has 3 heteroatoms. The molecule has 0 bridgehead atoms. The number of benzene rings is 2. The average molecular weight is 271 g/mol. The highest BCUT2D eigenvalue weighted by molar-refractivity contribution is 5.39. The minimum absolute atomic E-state index is 0.138. The lowest BCUT2D eigenvalue weighted by molar-refractivity contribution is 0.134. The van der Waals surface area contributed by atoms with Crippen molar-refractivity contribution < 1.29 is 9.13 Å². The number of aryl methyl sites for hydroxylation is 1. The van der Waals surface area contributed by atoms with Crippen LogP contribution in [0.2, 0.25) is 0 Å². The second kappa shape index (κ2) is 5.35. The molecule has 3 rings (SSSR count). The zero-order chi connectivity index (χ0) is 14.1. The number of hydrogen-bond acceptors (Lipinski definition) is 2. The highest BCUT2D eigenvalue weighted by Gasteiger charge is 2.19. The predicted molar refractivity (Wildman–Crippen MR) is 77.0 cm³/mol. The second-order valence-electron chi connectivity index (χ2n) is 5.27. The molecule has 104 valence electrons. The Kier molecular flexibility index (Phi) is 3.55. The molecule has 2 nitrogen and oxygen atoms in total. The van der Waals surface area contributed by atoms with Crippen molar-refractivity contribution in [2.24, 2.45) is 0 Å². The van der Waals surface area contributed by atoms with Crippen LogP contribution in [0.15, 0.2) is 36.4 Å². The molecule has 0 saturated heterocycles. The van der Waals surface area contributed by atoms with Crippen LogP contribution >= 0.6 is 0 Å². The van der Waals surface area contributed by atoms with Crippen molar-refractivity contribution in [3.05, 3.63) is 70.0 Å². The van der Waals surface area contributed by atoms with Gasteiger partial charge < -0.3 is 10.1 Å². The Morgan fingerprint density at radius 1 is 1.10 bits per heavy atom. The Bertz CT molecular complexity index is 639. The summed E-state index contributed by atoms with van der Waals surface area (Å²) in [5, 5.41) is 3.21. The van der Waals surface area contributed by atoms with Crippen molar-refractivity contribution in [1.82, 2.24) is 5.32 Å². The molecule has 1 aliphatic heterocycles. The van der Waals surface area contributed by atoms with Crippen LogP contribution in [-0.4, -0.2) is 7.05 Å². The number of hydrogen-bond donors (Lipinski definition) is 1. The summed E-state index contributed by atoms with van der Waals surface area (Å²) in [6, 6.07) is 11.5. The maximum absolute atomic E-state index is 14.2. The third kappa shape index (κ3) is 2.35. The quantitative estimate of drug-likeness (QED) is 0.923. The largest absolute Gasteiger partial charge is 0.372 e. The van der Waals surface area contributed by atoms with E-state index in [2.05, 4.69) is 17.4 Å². The zero-order valence-electron chi connectivity index (χ0n) is 11.7. The average Bonchev–Trinajstić information content (AvgIpc) is 2.89. The Balaban J connectivity index is 2.01. The van der Waals surface area contributed by atoms with Gasteiger partial charge in [0.25, 0.3) is 0 Å². The summed E-state index contributed by atoms with van der Waals surface area (Å²) in [6.45, 7) is 3.22. The van der Waals surface area contributed by atoms with Gasteiger partial charge in [-0.3, -0.25) is 0 Å². The monoisotopic (exact) mass is 271 g/mol. The van der Waals surface area contributed by atoms with E-state index in [4.69, 9.17) is 4.74 Å². The molecule has 1 heterocycles. The third-order valence-electron chi connectivity index (χ3n) is 3.83. The molecule has 20 heavy (non-hydrogen) atoms. The highest BCUT2D eigenvalue weighted by Crippen LogP contribution is 2.29. The van der Waals surface area contributed by atoms with Crippen molar-refractivity contribution in [3.8, 4) is 0 Å². The minimum Gasteiger partial charge on any atom is -0.372 e. The van der Waals surface area contributed by atoms with Crippen LogP contribution in [0.1, 0.15) is 33.9 Å². The maximum Gasteiger partial charge on any atom is 0.128 e. The molecule has 2 aromatic carbocycles. The van der Waals surface area contributed by atoms with Crippen LogP contribution in [0.25, 0.3) is 0 Å². The van der Waals surface area contributed by atoms with Gasteiger partial charge in [0, 0.05) is 5.56 Å². The lowest BCUT2D eigenvalue weighted by atomic mass is 9.95. The van der Waals surface area contributed by atoms with E-state index in [-0.39, 0.29) is 11.9 Å². The van der Waals surface area contributed by atoms with Gasteiger partial charge in [-0.05, 0) is 42.3 Å². The number of nitrogens with one attached hydrogen (secondary N) is 1. The van der Waals surface area contributed by atoms with Gasteiger partial charge in [-0.25, -0.2) is 4.39 Å². The van der Waals surface area contributed by atoms with E-state index in [9.17, 15) is 4.39 Å². The lowest BCUT2D eigenvalue weighted by Gasteiger charge is -2.19. The molecule has 1 N–H and O–H groups in total. The summed E-state index contributed by atoms with van der Waals surface area (Å²) in [4.78, 5) is 0. The van der Waals surface area contributed by atoms with Crippen LogP contribution in [0, 0.1) is 12.7 Å². The van der Waals surface area contributed by atoms with Crippen molar-refractivity contribution in [2.75, 3.05) is 7.05 Å². The van der Waals surface area contributed by atoms with E-state index < -0.39 is 0 Å². The first-order chi connectivity index (χ1) is 9.69. The Morgan fingerprint density at radius 3 is 2.65 bits per heavy atom. The summed E-state index contributed by atoms with van der Waals surface area (Å²) in [5.41, 5.74) is 5.11. The smallest absolute Gasteiger partial charge is 0.128 e. The van der Waals surface area contributed by atoms with Gasteiger partial charge >= 0.3 is 0 Å². The van der Waals surface area contributed by atoms with Gasteiger partial charge in [0.1, 0.15) is 5.82 Å². The molecular weight excluding hydrogens is 253 g/mol. The fourth-order valence-corrected chi connectivity index (χ4v) is 2.74. The number of halogens is 1.